The average Bonchev–Trinajstić information content (AvgIpc) is 3.41. The van der Waals surface area contributed by atoms with E-state index in [9.17, 15) is 4.79 Å². The second-order valence-electron chi connectivity index (χ2n) is 7.22. The number of aryl methyl sites for hydroxylation is 1. The normalized spacial score (nSPS) is 15.9. The smallest absolute Gasteiger partial charge is 0.251 e. The molecule has 4 rings (SSSR count). The van der Waals surface area contributed by atoms with Crippen molar-refractivity contribution in [2.24, 2.45) is 0 Å². The Bertz CT molecular complexity index is 912. The van der Waals surface area contributed by atoms with E-state index in [1.54, 1.807) is 6.20 Å². The van der Waals surface area contributed by atoms with Gasteiger partial charge in [0.2, 0.25) is 0 Å². The number of carbonyl (C=O) groups is 1. The van der Waals surface area contributed by atoms with Gasteiger partial charge in [-0.25, -0.2) is 0 Å². The number of nitrogens with zero attached hydrogens (tertiary/aromatic N) is 3. The fourth-order valence-electron chi connectivity index (χ4n) is 3.57. The van der Waals surface area contributed by atoms with Crippen molar-refractivity contribution in [3.63, 3.8) is 0 Å². The molecule has 1 aromatic carbocycles. The second-order valence-corrected chi connectivity index (χ2v) is 7.22. The Morgan fingerprint density at radius 3 is 2.62 bits per heavy atom. The van der Waals surface area contributed by atoms with E-state index in [2.05, 4.69) is 15.3 Å². The predicted molar refractivity (Wildman–Crippen MR) is 109 cm³/mol. The molecule has 1 aliphatic rings. The highest BCUT2D eigenvalue weighted by Crippen LogP contribution is 2.23. The van der Waals surface area contributed by atoms with Gasteiger partial charge in [-0.3, -0.25) is 14.4 Å². The third-order valence-corrected chi connectivity index (χ3v) is 5.15. The molecule has 7 nitrogen and oxygen atoms in total. The molecule has 29 heavy (non-hydrogen) atoms. The number of furan rings is 1. The predicted octanol–water partition coefficient (Wildman–Crippen LogP) is 2.64. The molecule has 1 aliphatic heterocycles. The Labute approximate surface area is 170 Å². The Hall–Kier alpha value is -2.90. The van der Waals surface area contributed by atoms with Gasteiger partial charge in [0.25, 0.3) is 5.91 Å². The number of hydrogen-bond donors (Lipinski definition) is 1. The lowest BCUT2D eigenvalue weighted by Crippen LogP contribution is -2.43. The molecular formula is C22H26N4O3. The molecule has 1 fully saturated rings. The molecule has 7 heteroatoms. The van der Waals surface area contributed by atoms with Crippen molar-refractivity contribution >= 4 is 5.91 Å². The Morgan fingerprint density at radius 1 is 1.17 bits per heavy atom. The number of rotatable bonds is 7. The van der Waals surface area contributed by atoms with Crippen LogP contribution < -0.4 is 5.32 Å². The van der Waals surface area contributed by atoms with Gasteiger partial charge in [0.05, 0.1) is 25.8 Å². The first-order valence-corrected chi connectivity index (χ1v) is 9.92. The van der Waals surface area contributed by atoms with Gasteiger partial charge in [-0.2, -0.15) is 5.10 Å². The highest BCUT2D eigenvalue weighted by molar-refractivity contribution is 5.94. The molecule has 0 bridgehead atoms. The molecule has 1 unspecified atom stereocenters. The summed E-state index contributed by atoms with van der Waals surface area (Å²) in [6.07, 6.45) is 3.68. The largest absolute Gasteiger partial charge is 0.465 e. The molecular weight excluding hydrogens is 368 g/mol. The zero-order valence-electron chi connectivity index (χ0n) is 16.6. The maximum Gasteiger partial charge on any atom is 0.251 e. The molecule has 152 valence electrons. The van der Waals surface area contributed by atoms with E-state index in [1.165, 1.54) is 0 Å². The van der Waals surface area contributed by atoms with Gasteiger partial charge in [0, 0.05) is 37.6 Å². The Morgan fingerprint density at radius 2 is 1.97 bits per heavy atom. The topological polar surface area (TPSA) is 72.5 Å². The fourth-order valence-corrected chi connectivity index (χ4v) is 3.57. The molecule has 1 N–H and O–H groups in total. The van der Waals surface area contributed by atoms with Crippen LogP contribution in [0.25, 0.3) is 0 Å². The molecule has 1 saturated heterocycles. The number of amides is 1. The third-order valence-electron chi connectivity index (χ3n) is 5.15. The minimum atomic E-state index is -0.0859. The summed E-state index contributed by atoms with van der Waals surface area (Å²) in [6.45, 7) is 6.14. The molecule has 1 amide bonds. The highest BCUT2D eigenvalue weighted by atomic mass is 16.5. The van der Waals surface area contributed by atoms with Crippen LogP contribution >= 0.6 is 0 Å². The maximum atomic E-state index is 12.7. The number of benzene rings is 1. The minimum absolute atomic E-state index is 0.00404. The molecule has 0 saturated carbocycles. The quantitative estimate of drug-likeness (QED) is 0.667. The fraction of sp³-hybridized carbons (Fsp3) is 0.364. The van der Waals surface area contributed by atoms with Gasteiger partial charge in [-0.1, -0.05) is 12.1 Å². The third kappa shape index (κ3) is 4.93. The number of ether oxygens (including phenoxy) is 1. The van der Waals surface area contributed by atoms with Gasteiger partial charge in [0.15, 0.2) is 0 Å². The van der Waals surface area contributed by atoms with Gasteiger partial charge in [-0.05, 0) is 42.8 Å². The molecule has 0 radical (unpaired) electrons. The first-order valence-electron chi connectivity index (χ1n) is 9.92. The van der Waals surface area contributed by atoms with Crippen LogP contribution in [0.1, 0.15) is 33.5 Å². The highest BCUT2D eigenvalue weighted by Gasteiger charge is 2.25. The van der Waals surface area contributed by atoms with E-state index in [4.69, 9.17) is 9.15 Å². The van der Waals surface area contributed by atoms with Crippen LogP contribution in [0.4, 0.5) is 0 Å². The van der Waals surface area contributed by atoms with E-state index < -0.39 is 0 Å². The van der Waals surface area contributed by atoms with E-state index >= 15 is 0 Å². The van der Waals surface area contributed by atoms with E-state index in [1.807, 2.05) is 60.3 Å². The molecule has 2 aromatic heterocycles. The van der Waals surface area contributed by atoms with Crippen LogP contribution in [0.15, 0.2) is 59.3 Å². The van der Waals surface area contributed by atoms with Crippen molar-refractivity contribution in [3.8, 4) is 0 Å². The van der Waals surface area contributed by atoms with E-state index in [0.717, 1.165) is 30.2 Å². The summed E-state index contributed by atoms with van der Waals surface area (Å²) in [5.74, 6) is 1.66. The lowest BCUT2D eigenvalue weighted by molar-refractivity contribution is 0.0117. The summed E-state index contributed by atoms with van der Waals surface area (Å²) in [6, 6.07) is 13.5. The first-order chi connectivity index (χ1) is 14.2. The van der Waals surface area contributed by atoms with Crippen molar-refractivity contribution < 1.29 is 13.9 Å². The Balaban J connectivity index is 1.39. The van der Waals surface area contributed by atoms with Crippen molar-refractivity contribution in [2.75, 3.05) is 32.8 Å². The number of carbonyl (C=O) groups excluding carboxylic acids is 1. The summed E-state index contributed by atoms with van der Waals surface area (Å²) >= 11 is 0. The molecule has 0 aliphatic carbocycles. The monoisotopic (exact) mass is 394 g/mol. The lowest BCUT2D eigenvalue weighted by atomic mass is 10.1. The van der Waals surface area contributed by atoms with Crippen LogP contribution in [0.5, 0.6) is 0 Å². The number of hydrogen-bond acceptors (Lipinski definition) is 5. The summed E-state index contributed by atoms with van der Waals surface area (Å²) < 4.78 is 13.2. The summed E-state index contributed by atoms with van der Waals surface area (Å²) in [5, 5.41) is 7.28. The van der Waals surface area contributed by atoms with Crippen LogP contribution in [-0.4, -0.2) is 53.4 Å². The molecule has 3 aromatic rings. The maximum absolute atomic E-state index is 12.7. The van der Waals surface area contributed by atoms with Gasteiger partial charge in [0.1, 0.15) is 11.5 Å². The van der Waals surface area contributed by atoms with E-state index in [-0.39, 0.29) is 11.9 Å². The zero-order chi connectivity index (χ0) is 20.1. The number of morpholine rings is 1. The summed E-state index contributed by atoms with van der Waals surface area (Å²) in [5.41, 5.74) is 1.74. The number of nitrogens with one attached hydrogen (secondary N) is 1. The van der Waals surface area contributed by atoms with Crippen molar-refractivity contribution in [1.82, 2.24) is 20.0 Å². The average molecular weight is 394 g/mol. The van der Waals surface area contributed by atoms with Crippen molar-refractivity contribution in [2.45, 2.75) is 19.5 Å². The van der Waals surface area contributed by atoms with Crippen LogP contribution in [0.2, 0.25) is 0 Å². The lowest BCUT2D eigenvalue weighted by Gasteiger charge is -2.33. The van der Waals surface area contributed by atoms with Crippen LogP contribution in [-0.2, 0) is 11.3 Å². The Kier molecular flexibility index (Phi) is 6.07. The van der Waals surface area contributed by atoms with Crippen molar-refractivity contribution in [3.05, 3.63) is 77.5 Å². The van der Waals surface area contributed by atoms with Crippen LogP contribution in [0.3, 0.4) is 0 Å². The van der Waals surface area contributed by atoms with Gasteiger partial charge >= 0.3 is 0 Å². The zero-order valence-corrected chi connectivity index (χ0v) is 16.6. The summed E-state index contributed by atoms with van der Waals surface area (Å²) in [7, 11) is 0. The minimum Gasteiger partial charge on any atom is -0.465 e. The number of aromatic nitrogens is 2. The van der Waals surface area contributed by atoms with E-state index in [0.29, 0.717) is 31.9 Å². The summed E-state index contributed by atoms with van der Waals surface area (Å²) in [4.78, 5) is 15.0. The molecule has 0 spiro atoms. The van der Waals surface area contributed by atoms with Gasteiger partial charge in [-0.15, -0.1) is 0 Å². The molecule has 1 atom stereocenters. The second kappa shape index (κ2) is 9.07. The van der Waals surface area contributed by atoms with Gasteiger partial charge < -0.3 is 14.5 Å². The SMILES string of the molecule is Cc1ccc(C(CNC(=O)c2ccc(Cn3cccn3)cc2)N2CCOCC2)o1. The van der Waals surface area contributed by atoms with Crippen LogP contribution in [0, 0.1) is 6.92 Å². The standard InChI is InChI=1S/C22H26N4O3/c1-17-3-8-21(29-17)20(25-11-13-28-14-12-25)15-23-22(27)19-6-4-18(5-7-19)16-26-10-2-9-24-26/h2-10,20H,11-16H2,1H3,(H,23,27). The first kappa shape index (κ1) is 19.4. The van der Waals surface area contributed by atoms with Crippen molar-refractivity contribution in [1.29, 1.82) is 0 Å². The molecule has 3 heterocycles.